The summed E-state index contributed by atoms with van der Waals surface area (Å²) in [4.78, 5) is 4.58. The Morgan fingerprint density at radius 2 is 1.57 bits per heavy atom. The van der Waals surface area contributed by atoms with Crippen molar-refractivity contribution < 1.29 is 14.9 Å². The van der Waals surface area contributed by atoms with Gasteiger partial charge in [-0.25, -0.2) is 0 Å². The molecule has 120 valence electrons. The van der Waals surface area contributed by atoms with Crippen molar-refractivity contribution in [3.8, 4) is 28.4 Å². The number of rotatable bonds is 1. The van der Waals surface area contributed by atoms with E-state index in [1.54, 1.807) is 24.3 Å². The minimum Gasteiger partial charge on any atom is -0.508 e. The fraction of sp³-hybridized carbons (Fsp3) is 0.333. The van der Waals surface area contributed by atoms with Crippen LogP contribution in [0.1, 0.15) is 11.8 Å². The molecule has 2 N–H and O–H groups in total. The fourth-order valence-corrected chi connectivity index (χ4v) is 3.34. The molecule has 0 aliphatic carbocycles. The van der Waals surface area contributed by atoms with Crippen LogP contribution >= 0.6 is 0 Å². The Hall–Kier alpha value is -2.24. The third kappa shape index (κ3) is 2.52. The Balaban J connectivity index is 1.78. The van der Waals surface area contributed by atoms with Crippen molar-refractivity contribution >= 4 is 0 Å². The van der Waals surface area contributed by atoms with E-state index in [2.05, 4.69) is 16.8 Å². The molecular formula is C18H20N2O3. The van der Waals surface area contributed by atoms with Gasteiger partial charge in [0.1, 0.15) is 17.2 Å². The lowest BCUT2D eigenvalue weighted by molar-refractivity contribution is -0.00676. The molecule has 0 amide bonds. The lowest BCUT2D eigenvalue weighted by Gasteiger charge is -2.40. The van der Waals surface area contributed by atoms with Crippen molar-refractivity contribution in [1.29, 1.82) is 0 Å². The summed E-state index contributed by atoms with van der Waals surface area (Å²) >= 11 is 0. The first-order valence-electron chi connectivity index (χ1n) is 7.87. The molecule has 1 atom stereocenters. The third-order valence-corrected chi connectivity index (χ3v) is 4.66. The smallest absolute Gasteiger partial charge is 0.179 e. The highest BCUT2D eigenvalue weighted by Gasteiger charge is 2.32. The number of ether oxygens (including phenoxy) is 1. The summed E-state index contributed by atoms with van der Waals surface area (Å²) in [5.41, 5.74) is 2.98. The van der Waals surface area contributed by atoms with Crippen LogP contribution in [0.15, 0.2) is 36.4 Å². The molecule has 1 fully saturated rings. The summed E-state index contributed by atoms with van der Waals surface area (Å²) in [5, 5.41) is 19.7. The minimum atomic E-state index is -0.236. The Morgan fingerprint density at radius 3 is 2.30 bits per heavy atom. The van der Waals surface area contributed by atoms with Gasteiger partial charge < -0.3 is 19.8 Å². The molecule has 5 heteroatoms. The SMILES string of the molecule is CN1CCN(C2Oc3cc(O)ccc3-c3ccc(O)cc32)CC1. The molecule has 2 aromatic carbocycles. The van der Waals surface area contributed by atoms with Gasteiger partial charge in [-0.05, 0) is 36.9 Å². The number of hydrogen-bond acceptors (Lipinski definition) is 5. The number of likely N-dealkylation sites (N-methyl/N-ethyl adjacent to an activating group) is 1. The molecule has 2 aliphatic rings. The largest absolute Gasteiger partial charge is 0.508 e. The molecule has 0 saturated carbocycles. The normalized spacial score (nSPS) is 21.3. The number of hydrogen-bond donors (Lipinski definition) is 2. The van der Waals surface area contributed by atoms with Crippen LogP contribution in [-0.4, -0.2) is 53.2 Å². The standard InChI is InChI=1S/C18H20N2O3/c1-19-6-8-20(9-7-19)18-16-10-12(21)2-4-14(16)15-5-3-13(22)11-17(15)23-18/h2-5,10-11,18,21-22H,6-9H2,1H3. The maximum atomic E-state index is 9.92. The summed E-state index contributed by atoms with van der Waals surface area (Å²) in [6, 6.07) is 10.6. The molecule has 0 spiro atoms. The van der Waals surface area contributed by atoms with E-state index in [0.29, 0.717) is 5.75 Å². The van der Waals surface area contributed by atoms with E-state index in [1.165, 1.54) is 0 Å². The number of aromatic hydroxyl groups is 2. The topological polar surface area (TPSA) is 56.2 Å². The highest BCUT2D eigenvalue weighted by molar-refractivity contribution is 5.77. The minimum absolute atomic E-state index is 0.197. The number of nitrogens with zero attached hydrogens (tertiary/aromatic N) is 2. The highest BCUT2D eigenvalue weighted by Crippen LogP contribution is 2.45. The predicted octanol–water partition coefficient (Wildman–Crippen LogP) is 2.40. The molecule has 2 aliphatic heterocycles. The van der Waals surface area contributed by atoms with Crippen molar-refractivity contribution in [1.82, 2.24) is 9.80 Å². The van der Waals surface area contributed by atoms with E-state index >= 15 is 0 Å². The molecule has 1 saturated heterocycles. The van der Waals surface area contributed by atoms with Gasteiger partial charge in [0.2, 0.25) is 0 Å². The predicted molar refractivity (Wildman–Crippen MR) is 87.6 cm³/mol. The quantitative estimate of drug-likeness (QED) is 0.847. The van der Waals surface area contributed by atoms with Gasteiger partial charge in [-0.3, -0.25) is 4.90 Å². The molecule has 2 heterocycles. The fourth-order valence-electron chi connectivity index (χ4n) is 3.34. The van der Waals surface area contributed by atoms with E-state index in [-0.39, 0.29) is 17.7 Å². The van der Waals surface area contributed by atoms with Gasteiger partial charge in [0.15, 0.2) is 6.23 Å². The molecule has 5 nitrogen and oxygen atoms in total. The van der Waals surface area contributed by atoms with Gasteiger partial charge in [0.25, 0.3) is 0 Å². The molecule has 23 heavy (non-hydrogen) atoms. The zero-order chi connectivity index (χ0) is 16.0. The zero-order valence-electron chi connectivity index (χ0n) is 13.1. The van der Waals surface area contributed by atoms with Crippen LogP contribution in [0.5, 0.6) is 17.2 Å². The van der Waals surface area contributed by atoms with Crippen molar-refractivity contribution in [3.05, 3.63) is 42.0 Å². The molecular weight excluding hydrogens is 292 g/mol. The van der Waals surface area contributed by atoms with Crippen molar-refractivity contribution in [2.75, 3.05) is 33.2 Å². The molecule has 2 aromatic rings. The van der Waals surface area contributed by atoms with Crippen LogP contribution in [0, 0.1) is 0 Å². The summed E-state index contributed by atoms with van der Waals surface area (Å²) in [6.45, 7) is 3.79. The lowest BCUT2D eigenvalue weighted by Crippen LogP contribution is -2.47. The number of benzene rings is 2. The maximum Gasteiger partial charge on any atom is 0.179 e. The zero-order valence-corrected chi connectivity index (χ0v) is 13.1. The van der Waals surface area contributed by atoms with Crippen LogP contribution in [-0.2, 0) is 0 Å². The summed E-state index contributed by atoms with van der Waals surface area (Å²) in [6.07, 6.45) is -0.236. The van der Waals surface area contributed by atoms with Crippen LogP contribution < -0.4 is 4.74 Å². The first-order valence-corrected chi connectivity index (χ1v) is 7.87. The van der Waals surface area contributed by atoms with E-state index in [9.17, 15) is 10.2 Å². The van der Waals surface area contributed by atoms with E-state index < -0.39 is 0 Å². The van der Waals surface area contributed by atoms with Crippen molar-refractivity contribution in [2.45, 2.75) is 6.23 Å². The number of phenols is 2. The second-order valence-electron chi connectivity index (χ2n) is 6.26. The van der Waals surface area contributed by atoms with Gasteiger partial charge in [-0.1, -0.05) is 6.07 Å². The van der Waals surface area contributed by atoms with Crippen LogP contribution in [0.4, 0.5) is 0 Å². The molecule has 1 unspecified atom stereocenters. The second-order valence-corrected chi connectivity index (χ2v) is 6.26. The van der Waals surface area contributed by atoms with Crippen LogP contribution in [0.25, 0.3) is 11.1 Å². The van der Waals surface area contributed by atoms with E-state index in [4.69, 9.17) is 4.74 Å². The Morgan fingerprint density at radius 1 is 0.913 bits per heavy atom. The number of piperazine rings is 1. The molecule has 0 radical (unpaired) electrons. The maximum absolute atomic E-state index is 9.92. The van der Waals surface area contributed by atoms with Crippen molar-refractivity contribution in [2.24, 2.45) is 0 Å². The second kappa shape index (κ2) is 5.44. The molecule has 0 bridgehead atoms. The summed E-state index contributed by atoms with van der Waals surface area (Å²) in [5.74, 6) is 1.13. The Kier molecular flexibility index (Phi) is 3.39. The van der Waals surface area contributed by atoms with Gasteiger partial charge in [-0.2, -0.15) is 0 Å². The number of phenolic OH excluding ortho intramolecular Hbond substituents is 2. The van der Waals surface area contributed by atoms with Gasteiger partial charge in [-0.15, -0.1) is 0 Å². The molecule has 0 aromatic heterocycles. The monoisotopic (exact) mass is 312 g/mol. The van der Waals surface area contributed by atoms with Crippen molar-refractivity contribution in [3.63, 3.8) is 0 Å². The summed E-state index contributed by atoms with van der Waals surface area (Å²) < 4.78 is 6.21. The van der Waals surface area contributed by atoms with Gasteiger partial charge >= 0.3 is 0 Å². The van der Waals surface area contributed by atoms with E-state index in [0.717, 1.165) is 42.9 Å². The van der Waals surface area contributed by atoms with E-state index in [1.807, 2.05) is 12.1 Å². The molecule has 4 rings (SSSR count). The third-order valence-electron chi connectivity index (χ3n) is 4.66. The summed E-state index contributed by atoms with van der Waals surface area (Å²) in [7, 11) is 2.12. The lowest BCUT2D eigenvalue weighted by atomic mass is 9.94. The van der Waals surface area contributed by atoms with Crippen LogP contribution in [0.2, 0.25) is 0 Å². The Labute approximate surface area is 135 Å². The average molecular weight is 312 g/mol. The Bertz CT molecular complexity index is 739. The van der Waals surface area contributed by atoms with Gasteiger partial charge in [0, 0.05) is 43.4 Å². The first kappa shape index (κ1) is 14.4. The number of fused-ring (bicyclic) bond motifs is 3. The van der Waals surface area contributed by atoms with Gasteiger partial charge in [0.05, 0.1) is 0 Å². The average Bonchev–Trinajstić information content (AvgIpc) is 2.54. The first-order chi connectivity index (χ1) is 11.1. The van der Waals surface area contributed by atoms with Crippen LogP contribution in [0.3, 0.4) is 0 Å². The highest BCUT2D eigenvalue weighted by atomic mass is 16.5.